The van der Waals surface area contributed by atoms with Crippen LogP contribution in [0.3, 0.4) is 0 Å². The molecule has 0 amide bonds. The summed E-state index contributed by atoms with van der Waals surface area (Å²) < 4.78 is 0. The summed E-state index contributed by atoms with van der Waals surface area (Å²) in [6.45, 7) is 0. The molecule has 18 heavy (non-hydrogen) atoms. The first kappa shape index (κ1) is 11.6. The van der Waals surface area contributed by atoms with Crippen LogP contribution in [0, 0.1) is 0 Å². The van der Waals surface area contributed by atoms with E-state index in [2.05, 4.69) is 48.6 Å². The standard InChI is InChI=1S/C14H10S4/c1-3-7-11-9(5-1)13(17-15-11)14-10-6-2-4-8-12(10)16-18-14/h1-8,11,14H. The number of hydrogen-bond acceptors (Lipinski definition) is 4. The van der Waals surface area contributed by atoms with E-state index >= 15 is 0 Å². The Morgan fingerprint density at radius 3 is 2.89 bits per heavy atom. The molecule has 1 aromatic rings. The van der Waals surface area contributed by atoms with Gasteiger partial charge in [-0.3, -0.25) is 0 Å². The second-order valence-corrected chi connectivity index (χ2v) is 8.99. The highest BCUT2D eigenvalue weighted by Crippen LogP contribution is 2.63. The van der Waals surface area contributed by atoms with Crippen LogP contribution in [0.15, 0.2) is 63.9 Å². The fraction of sp³-hybridized carbons (Fsp3) is 0.143. The summed E-state index contributed by atoms with van der Waals surface area (Å²) in [5.41, 5.74) is 3.01. The maximum Gasteiger partial charge on any atom is 0.0736 e. The molecule has 2 atom stereocenters. The molecule has 0 N–H and O–H groups in total. The van der Waals surface area contributed by atoms with Crippen molar-refractivity contribution in [2.45, 2.75) is 15.4 Å². The monoisotopic (exact) mass is 306 g/mol. The first-order valence-electron chi connectivity index (χ1n) is 5.78. The van der Waals surface area contributed by atoms with Crippen molar-refractivity contribution in [3.8, 4) is 0 Å². The highest BCUT2D eigenvalue weighted by Gasteiger charge is 2.35. The molecule has 2 unspecified atom stereocenters. The van der Waals surface area contributed by atoms with Crippen molar-refractivity contribution in [2.75, 3.05) is 0 Å². The lowest BCUT2D eigenvalue weighted by atomic mass is 10.0. The zero-order valence-electron chi connectivity index (χ0n) is 9.41. The van der Waals surface area contributed by atoms with Gasteiger partial charge < -0.3 is 0 Å². The van der Waals surface area contributed by atoms with Crippen molar-refractivity contribution in [1.29, 1.82) is 0 Å². The van der Waals surface area contributed by atoms with Gasteiger partial charge in [-0.1, -0.05) is 85.7 Å². The summed E-state index contributed by atoms with van der Waals surface area (Å²) in [5, 5.41) is 1.09. The van der Waals surface area contributed by atoms with E-state index < -0.39 is 0 Å². The van der Waals surface area contributed by atoms with E-state index in [0.717, 1.165) is 0 Å². The van der Waals surface area contributed by atoms with Gasteiger partial charge in [0, 0.05) is 9.80 Å². The number of allylic oxidation sites excluding steroid dienone is 3. The van der Waals surface area contributed by atoms with Gasteiger partial charge in [0.1, 0.15) is 0 Å². The van der Waals surface area contributed by atoms with Gasteiger partial charge in [0.2, 0.25) is 0 Å². The maximum atomic E-state index is 2.30. The van der Waals surface area contributed by atoms with Gasteiger partial charge >= 0.3 is 0 Å². The molecule has 2 aliphatic heterocycles. The molecule has 0 spiro atoms. The van der Waals surface area contributed by atoms with E-state index in [9.17, 15) is 0 Å². The Balaban J connectivity index is 1.78. The van der Waals surface area contributed by atoms with Crippen molar-refractivity contribution < 1.29 is 0 Å². The van der Waals surface area contributed by atoms with E-state index in [1.54, 1.807) is 4.91 Å². The van der Waals surface area contributed by atoms with Crippen LogP contribution in [0.5, 0.6) is 0 Å². The van der Waals surface area contributed by atoms with Gasteiger partial charge in [-0.25, -0.2) is 0 Å². The van der Waals surface area contributed by atoms with Gasteiger partial charge in [-0.2, -0.15) is 0 Å². The van der Waals surface area contributed by atoms with Gasteiger partial charge in [0.05, 0.1) is 10.5 Å². The first-order chi connectivity index (χ1) is 8.93. The summed E-state index contributed by atoms with van der Waals surface area (Å²) in [4.78, 5) is 2.98. The second kappa shape index (κ2) is 4.75. The van der Waals surface area contributed by atoms with Crippen molar-refractivity contribution in [2.24, 2.45) is 0 Å². The number of benzene rings is 1. The van der Waals surface area contributed by atoms with Gasteiger partial charge in [-0.05, 0) is 17.2 Å². The van der Waals surface area contributed by atoms with Crippen molar-refractivity contribution in [1.82, 2.24) is 0 Å². The Morgan fingerprint density at radius 2 is 1.89 bits per heavy atom. The van der Waals surface area contributed by atoms with Crippen molar-refractivity contribution >= 4 is 43.2 Å². The summed E-state index contributed by atoms with van der Waals surface area (Å²) in [6.07, 6.45) is 8.92. The van der Waals surface area contributed by atoms with E-state index in [1.165, 1.54) is 16.0 Å². The van der Waals surface area contributed by atoms with E-state index in [1.807, 2.05) is 43.2 Å². The van der Waals surface area contributed by atoms with Gasteiger partial charge in [0.25, 0.3) is 0 Å². The average Bonchev–Trinajstić information content (AvgIpc) is 3.01. The van der Waals surface area contributed by atoms with Gasteiger partial charge in [0.15, 0.2) is 0 Å². The Morgan fingerprint density at radius 1 is 0.944 bits per heavy atom. The Bertz CT molecular complexity index is 585. The first-order valence-corrected chi connectivity index (χ1v) is 10.2. The molecule has 1 aliphatic carbocycles. The molecular formula is C14H10S4. The number of rotatable bonds is 1. The smallest absolute Gasteiger partial charge is 0.0736 e. The van der Waals surface area contributed by atoms with Gasteiger partial charge in [-0.15, -0.1) is 0 Å². The molecule has 0 fully saturated rings. The summed E-state index contributed by atoms with van der Waals surface area (Å²) in [7, 11) is 7.86. The zero-order chi connectivity index (χ0) is 11.9. The molecule has 4 heteroatoms. The maximum absolute atomic E-state index is 2.30. The van der Waals surface area contributed by atoms with E-state index in [0.29, 0.717) is 10.5 Å². The molecule has 90 valence electrons. The van der Waals surface area contributed by atoms with Crippen LogP contribution < -0.4 is 0 Å². The minimum absolute atomic E-state index is 0.528. The predicted octanol–water partition coefficient (Wildman–Crippen LogP) is 5.63. The van der Waals surface area contributed by atoms with Crippen molar-refractivity contribution in [3.05, 3.63) is 64.6 Å². The van der Waals surface area contributed by atoms with E-state index in [4.69, 9.17) is 0 Å². The van der Waals surface area contributed by atoms with Crippen LogP contribution in [0.4, 0.5) is 0 Å². The average molecular weight is 307 g/mol. The molecule has 0 aromatic heterocycles. The molecular weight excluding hydrogens is 296 g/mol. The van der Waals surface area contributed by atoms with Crippen molar-refractivity contribution in [3.63, 3.8) is 0 Å². The molecule has 0 bridgehead atoms. The summed E-state index contributed by atoms with van der Waals surface area (Å²) in [6, 6.07) is 8.81. The summed E-state index contributed by atoms with van der Waals surface area (Å²) >= 11 is 0. The molecule has 1 aromatic carbocycles. The highest BCUT2D eigenvalue weighted by atomic mass is 33.1. The van der Waals surface area contributed by atoms with E-state index in [-0.39, 0.29) is 0 Å². The quantitative estimate of drug-likeness (QED) is 0.617. The largest absolute Gasteiger partial charge is 0.0767 e. The lowest BCUT2D eigenvalue weighted by Crippen LogP contribution is -2.01. The number of hydrogen-bond donors (Lipinski definition) is 0. The molecule has 0 saturated heterocycles. The molecule has 0 nitrogen and oxygen atoms in total. The molecule has 4 rings (SSSR count). The fourth-order valence-corrected chi connectivity index (χ4v) is 8.77. The zero-order valence-corrected chi connectivity index (χ0v) is 12.7. The summed E-state index contributed by atoms with van der Waals surface area (Å²) in [5.74, 6) is 0. The normalized spacial score (nSPS) is 28.7. The van der Waals surface area contributed by atoms with Crippen LogP contribution in [-0.2, 0) is 0 Å². The van der Waals surface area contributed by atoms with Crippen LogP contribution in [-0.4, -0.2) is 5.25 Å². The van der Waals surface area contributed by atoms with Crippen LogP contribution in [0.25, 0.3) is 0 Å². The lowest BCUT2D eigenvalue weighted by molar-refractivity contribution is 1.12. The van der Waals surface area contributed by atoms with Crippen LogP contribution in [0.2, 0.25) is 0 Å². The van der Waals surface area contributed by atoms with Crippen LogP contribution >= 0.6 is 43.2 Å². The lowest BCUT2D eigenvalue weighted by Gasteiger charge is -2.13. The Kier molecular flexibility index (Phi) is 3.07. The molecule has 0 radical (unpaired) electrons. The Hall–Kier alpha value is -0.160. The van der Waals surface area contributed by atoms with Crippen LogP contribution in [0.1, 0.15) is 10.8 Å². The Labute approximate surface area is 123 Å². The minimum atomic E-state index is 0.528. The predicted molar refractivity (Wildman–Crippen MR) is 86.9 cm³/mol. The second-order valence-electron chi connectivity index (χ2n) is 4.26. The SMILES string of the molecule is C1=CC2=C(C3SSc4ccccc43)SSC2C=C1. The topological polar surface area (TPSA) is 0 Å². The fourth-order valence-electron chi connectivity index (χ4n) is 2.29. The third-order valence-electron chi connectivity index (χ3n) is 3.18. The highest BCUT2D eigenvalue weighted by molar-refractivity contribution is 8.80. The molecule has 2 heterocycles. The molecule has 0 saturated carbocycles. The minimum Gasteiger partial charge on any atom is -0.0767 e. The number of fused-ring (bicyclic) bond motifs is 2. The third-order valence-corrected chi connectivity index (χ3v) is 8.88. The third kappa shape index (κ3) is 1.82. The molecule has 3 aliphatic rings.